The molecule has 0 bridgehead atoms. The van der Waals surface area contributed by atoms with Crippen LogP contribution in [0.5, 0.6) is 0 Å². The zero-order chi connectivity index (χ0) is 12.8. The summed E-state index contributed by atoms with van der Waals surface area (Å²) in [5.74, 6) is -1.60. The third-order valence-corrected chi connectivity index (χ3v) is 2.05. The van der Waals surface area contributed by atoms with Crippen LogP contribution in [0.1, 0.15) is 18.1 Å². The lowest BCUT2D eigenvalue weighted by atomic mass is 10.1. The summed E-state index contributed by atoms with van der Waals surface area (Å²) in [6, 6.07) is 2.66. The van der Waals surface area contributed by atoms with Gasteiger partial charge in [-0.3, -0.25) is 0 Å². The molecule has 6 heteroatoms. The van der Waals surface area contributed by atoms with Crippen molar-refractivity contribution in [3.63, 3.8) is 0 Å². The van der Waals surface area contributed by atoms with E-state index in [4.69, 9.17) is 0 Å². The molecule has 0 amide bonds. The summed E-state index contributed by atoms with van der Waals surface area (Å²) < 4.78 is 53.6. The molecule has 2 nitrogen and oxygen atoms in total. The Morgan fingerprint density at radius 3 is 2.24 bits per heavy atom. The van der Waals surface area contributed by atoms with E-state index in [0.29, 0.717) is 6.07 Å². The first kappa shape index (κ1) is 13.9. The van der Waals surface area contributed by atoms with Crippen LogP contribution in [-0.2, 0) is 4.74 Å². The Bertz CT molecular complexity index is 337. The van der Waals surface area contributed by atoms with Gasteiger partial charge in [0.1, 0.15) is 18.2 Å². The monoisotopic (exact) mass is 252 g/mol. The molecule has 0 radical (unpaired) electrons. The third-order valence-electron chi connectivity index (χ3n) is 2.05. The molecule has 0 saturated heterocycles. The molecule has 17 heavy (non-hydrogen) atoms. The number of benzene rings is 1. The summed E-state index contributed by atoms with van der Waals surface area (Å²) in [5, 5.41) is 9.53. The molecule has 1 atom stereocenters. The molecular formula is C11H12F4O2. The molecule has 0 saturated carbocycles. The van der Waals surface area contributed by atoms with Crippen molar-refractivity contribution in [3.05, 3.63) is 35.4 Å². The van der Waals surface area contributed by atoms with Gasteiger partial charge < -0.3 is 9.84 Å². The highest BCUT2D eigenvalue weighted by Gasteiger charge is 2.11. The summed E-state index contributed by atoms with van der Waals surface area (Å²) in [6.45, 7) is -0.826. The number of ether oxygens (including phenoxy) is 1. The van der Waals surface area contributed by atoms with Gasteiger partial charge in [-0.25, -0.2) is 17.6 Å². The van der Waals surface area contributed by atoms with Crippen molar-refractivity contribution in [1.29, 1.82) is 0 Å². The van der Waals surface area contributed by atoms with Crippen LogP contribution in [0.15, 0.2) is 18.2 Å². The van der Waals surface area contributed by atoms with Gasteiger partial charge in [-0.05, 0) is 17.7 Å². The SMILES string of the molecule is OC(CCOCC(F)F)c1cc(F)cc(F)c1. The maximum atomic E-state index is 12.8. The summed E-state index contributed by atoms with van der Waals surface area (Å²) in [5.41, 5.74) is 0.0585. The van der Waals surface area contributed by atoms with Crippen LogP contribution >= 0.6 is 0 Å². The smallest absolute Gasteiger partial charge is 0.261 e. The van der Waals surface area contributed by atoms with Crippen LogP contribution in [0.4, 0.5) is 17.6 Å². The molecule has 96 valence electrons. The van der Waals surface area contributed by atoms with Gasteiger partial charge >= 0.3 is 0 Å². The minimum Gasteiger partial charge on any atom is -0.388 e. The van der Waals surface area contributed by atoms with Gasteiger partial charge in [-0.1, -0.05) is 0 Å². The molecule has 0 aromatic heterocycles. The van der Waals surface area contributed by atoms with E-state index >= 15 is 0 Å². The zero-order valence-corrected chi connectivity index (χ0v) is 8.88. The van der Waals surface area contributed by atoms with Crippen molar-refractivity contribution in [3.8, 4) is 0 Å². The fourth-order valence-corrected chi connectivity index (χ4v) is 1.30. The largest absolute Gasteiger partial charge is 0.388 e. The number of hydrogen-bond donors (Lipinski definition) is 1. The maximum absolute atomic E-state index is 12.8. The van der Waals surface area contributed by atoms with Crippen LogP contribution in [0, 0.1) is 11.6 Å². The lowest BCUT2D eigenvalue weighted by molar-refractivity contribution is 0.00476. The standard InChI is InChI=1S/C11H12F4O2/c12-8-3-7(4-9(13)5-8)10(16)1-2-17-6-11(14)15/h3-5,10-11,16H,1-2,6H2. The number of halogens is 4. The van der Waals surface area contributed by atoms with Gasteiger partial charge in [0.05, 0.1) is 6.10 Å². The molecular weight excluding hydrogens is 240 g/mol. The summed E-state index contributed by atoms with van der Waals surface area (Å²) in [6.07, 6.45) is -3.72. The minimum absolute atomic E-state index is 0.00435. The molecule has 0 aliphatic heterocycles. The molecule has 1 N–H and O–H groups in total. The van der Waals surface area contributed by atoms with Crippen LogP contribution in [-0.4, -0.2) is 24.7 Å². The number of rotatable bonds is 6. The zero-order valence-electron chi connectivity index (χ0n) is 8.88. The summed E-state index contributed by atoms with van der Waals surface area (Å²) in [7, 11) is 0. The van der Waals surface area contributed by atoms with Gasteiger partial charge in [-0.15, -0.1) is 0 Å². The first-order valence-corrected chi connectivity index (χ1v) is 4.99. The van der Waals surface area contributed by atoms with Crippen molar-refractivity contribution >= 4 is 0 Å². The molecule has 0 aliphatic carbocycles. The van der Waals surface area contributed by atoms with Gasteiger partial charge in [0.25, 0.3) is 6.43 Å². The first-order chi connectivity index (χ1) is 7.99. The molecule has 0 aliphatic rings. The van der Waals surface area contributed by atoms with Crippen LogP contribution in [0.3, 0.4) is 0 Å². The van der Waals surface area contributed by atoms with E-state index in [1.165, 1.54) is 0 Å². The highest BCUT2D eigenvalue weighted by molar-refractivity contribution is 5.20. The lowest BCUT2D eigenvalue weighted by Gasteiger charge is -2.11. The predicted octanol–water partition coefficient (Wildman–Crippen LogP) is 2.67. The molecule has 1 aromatic carbocycles. The molecule has 1 unspecified atom stereocenters. The van der Waals surface area contributed by atoms with Gasteiger partial charge in [0, 0.05) is 19.1 Å². The van der Waals surface area contributed by atoms with Crippen molar-refractivity contribution in [2.24, 2.45) is 0 Å². The molecule has 1 aromatic rings. The van der Waals surface area contributed by atoms with E-state index in [1.54, 1.807) is 0 Å². The van der Waals surface area contributed by atoms with Gasteiger partial charge in [0.15, 0.2) is 0 Å². The first-order valence-electron chi connectivity index (χ1n) is 4.99. The summed E-state index contributed by atoms with van der Waals surface area (Å²) >= 11 is 0. The highest BCUT2D eigenvalue weighted by atomic mass is 19.3. The van der Waals surface area contributed by atoms with E-state index in [9.17, 15) is 22.7 Å². The topological polar surface area (TPSA) is 29.5 Å². The average molecular weight is 252 g/mol. The van der Waals surface area contributed by atoms with Crippen molar-refractivity contribution in [1.82, 2.24) is 0 Å². The number of alkyl halides is 2. The Morgan fingerprint density at radius 1 is 1.12 bits per heavy atom. The fraction of sp³-hybridized carbons (Fsp3) is 0.455. The molecule has 0 spiro atoms. The van der Waals surface area contributed by atoms with Crippen molar-refractivity contribution < 1.29 is 27.4 Å². The Hall–Kier alpha value is -1.14. The second-order valence-electron chi connectivity index (χ2n) is 3.47. The Labute approximate surface area is 95.8 Å². The third kappa shape index (κ3) is 5.14. The van der Waals surface area contributed by atoms with E-state index in [2.05, 4.69) is 4.74 Å². The van der Waals surface area contributed by atoms with Crippen LogP contribution < -0.4 is 0 Å². The van der Waals surface area contributed by atoms with E-state index in [1.807, 2.05) is 0 Å². The minimum atomic E-state index is -2.57. The van der Waals surface area contributed by atoms with E-state index in [0.717, 1.165) is 12.1 Å². The van der Waals surface area contributed by atoms with Crippen LogP contribution in [0.2, 0.25) is 0 Å². The van der Waals surface area contributed by atoms with Crippen molar-refractivity contribution in [2.75, 3.05) is 13.2 Å². The normalized spacial score (nSPS) is 13.1. The van der Waals surface area contributed by atoms with E-state index in [-0.39, 0.29) is 18.6 Å². The molecule has 1 rings (SSSR count). The average Bonchev–Trinajstić information content (AvgIpc) is 2.22. The van der Waals surface area contributed by atoms with E-state index < -0.39 is 30.8 Å². The van der Waals surface area contributed by atoms with Gasteiger partial charge in [-0.2, -0.15) is 0 Å². The number of aliphatic hydroxyl groups excluding tert-OH is 1. The Morgan fingerprint density at radius 2 is 1.71 bits per heavy atom. The fourth-order valence-electron chi connectivity index (χ4n) is 1.30. The molecule has 0 heterocycles. The van der Waals surface area contributed by atoms with Crippen molar-refractivity contribution in [2.45, 2.75) is 19.0 Å². The quantitative estimate of drug-likeness (QED) is 0.623. The van der Waals surface area contributed by atoms with Crippen LogP contribution in [0.25, 0.3) is 0 Å². The second kappa shape index (κ2) is 6.56. The Kier molecular flexibility index (Phi) is 5.37. The highest BCUT2D eigenvalue weighted by Crippen LogP contribution is 2.19. The predicted molar refractivity (Wildman–Crippen MR) is 52.8 cm³/mol. The number of aliphatic hydroxyl groups is 1. The van der Waals surface area contributed by atoms with Gasteiger partial charge in [0.2, 0.25) is 0 Å². The lowest BCUT2D eigenvalue weighted by Crippen LogP contribution is -2.09. The molecule has 0 fully saturated rings. The maximum Gasteiger partial charge on any atom is 0.261 e. The Balaban J connectivity index is 2.43. The number of hydrogen-bond acceptors (Lipinski definition) is 2. The second-order valence-corrected chi connectivity index (χ2v) is 3.47. The summed E-state index contributed by atoms with van der Waals surface area (Å²) in [4.78, 5) is 0.